The van der Waals surface area contributed by atoms with E-state index in [4.69, 9.17) is 5.11 Å². The van der Waals surface area contributed by atoms with Crippen LogP contribution in [0.1, 0.15) is 24.8 Å². The van der Waals surface area contributed by atoms with E-state index in [1.807, 2.05) is 0 Å². The van der Waals surface area contributed by atoms with Crippen LogP contribution >= 0.6 is 0 Å². The van der Waals surface area contributed by atoms with Crippen molar-refractivity contribution in [2.45, 2.75) is 24.7 Å². The summed E-state index contributed by atoms with van der Waals surface area (Å²) in [5.41, 5.74) is -0.425. The van der Waals surface area contributed by atoms with E-state index >= 15 is 0 Å². The van der Waals surface area contributed by atoms with Gasteiger partial charge in [-0.2, -0.15) is 0 Å². The minimum Gasteiger partial charge on any atom is -0.481 e. The minimum absolute atomic E-state index is 0.278. The summed E-state index contributed by atoms with van der Waals surface area (Å²) >= 11 is 0. The average Bonchev–Trinajstić information content (AvgIpc) is 2.79. The number of rotatable bonds is 2. The van der Waals surface area contributed by atoms with Gasteiger partial charge in [-0.3, -0.25) is 4.79 Å². The monoisotopic (exact) mass is 256 g/mol. The Hall–Kier alpha value is -1.52. The van der Waals surface area contributed by atoms with Crippen LogP contribution < -0.4 is 0 Å². The van der Waals surface area contributed by atoms with Gasteiger partial charge >= 0.3 is 5.97 Å². The number of hydrogen-bond acceptors (Lipinski definition) is 1. The van der Waals surface area contributed by atoms with E-state index in [2.05, 4.69) is 0 Å². The Morgan fingerprint density at radius 1 is 1.22 bits per heavy atom. The van der Waals surface area contributed by atoms with Gasteiger partial charge in [-0.05, 0) is 42.9 Å². The Kier molecular flexibility index (Phi) is 2.24. The highest BCUT2D eigenvalue weighted by Crippen LogP contribution is 2.63. The van der Waals surface area contributed by atoms with Gasteiger partial charge in [0.15, 0.2) is 17.5 Å². The molecule has 2 bridgehead atoms. The van der Waals surface area contributed by atoms with Crippen LogP contribution in [0.5, 0.6) is 0 Å². The third-order valence-corrected chi connectivity index (χ3v) is 4.40. The van der Waals surface area contributed by atoms with Crippen LogP contribution in [0.25, 0.3) is 0 Å². The van der Waals surface area contributed by atoms with Crippen LogP contribution in [0, 0.1) is 29.3 Å². The standard InChI is InChI=1S/C13H11F3O2/c14-9-2-7(3-10(15)11(9)16)13-4-6(5-13)1-8(13)12(17)18/h2-3,6,8H,1,4-5H2,(H,17,18). The number of carbonyl (C=O) groups is 1. The van der Waals surface area contributed by atoms with Gasteiger partial charge in [0.25, 0.3) is 0 Å². The first-order valence-corrected chi connectivity index (χ1v) is 5.82. The number of halogens is 3. The van der Waals surface area contributed by atoms with Crippen molar-refractivity contribution >= 4 is 5.97 Å². The highest BCUT2D eigenvalue weighted by atomic mass is 19.2. The molecule has 1 aromatic carbocycles. The molecule has 4 rings (SSSR count). The van der Waals surface area contributed by atoms with Crippen molar-refractivity contribution in [1.82, 2.24) is 0 Å². The molecule has 1 unspecified atom stereocenters. The summed E-state index contributed by atoms with van der Waals surface area (Å²) in [6.45, 7) is 0. The lowest BCUT2D eigenvalue weighted by Gasteiger charge is -2.41. The van der Waals surface area contributed by atoms with Crippen LogP contribution in [0.2, 0.25) is 0 Å². The van der Waals surface area contributed by atoms with Gasteiger partial charge < -0.3 is 5.11 Å². The molecule has 3 fully saturated rings. The predicted molar refractivity (Wildman–Crippen MR) is 56.5 cm³/mol. The van der Waals surface area contributed by atoms with Crippen LogP contribution in [-0.4, -0.2) is 11.1 Å². The third-order valence-electron chi connectivity index (χ3n) is 4.40. The van der Waals surface area contributed by atoms with Crippen molar-refractivity contribution < 1.29 is 23.1 Å². The van der Waals surface area contributed by atoms with Gasteiger partial charge in [0, 0.05) is 5.41 Å². The van der Waals surface area contributed by atoms with Crippen LogP contribution in [0.4, 0.5) is 13.2 Å². The summed E-state index contributed by atoms with van der Waals surface area (Å²) in [4.78, 5) is 11.2. The van der Waals surface area contributed by atoms with E-state index in [1.54, 1.807) is 0 Å². The van der Waals surface area contributed by atoms with Crippen LogP contribution in [0.15, 0.2) is 12.1 Å². The Labute approximate surface area is 101 Å². The first-order chi connectivity index (χ1) is 8.44. The highest BCUT2D eigenvalue weighted by Gasteiger charge is 2.60. The average molecular weight is 256 g/mol. The lowest BCUT2D eigenvalue weighted by Crippen LogP contribution is -2.40. The molecule has 0 amide bonds. The zero-order chi connectivity index (χ0) is 13.1. The van der Waals surface area contributed by atoms with E-state index in [9.17, 15) is 18.0 Å². The van der Waals surface area contributed by atoms with Gasteiger partial charge in [0.1, 0.15) is 0 Å². The number of aliphatic carboxylic acids is 1. The first kappa shape index (κ1) is 11.6. The molecule has 18 heavy (non-hydrogen) atoms. The molecule has 1 N–H and O–H groups in total. The quantitative estimate of drug-likeness (QED) is 0.826. The SMILES string of the molecule is O=C(O)C1CC2CC1(c1cc(F)c(F)c(F)c1)C2. The predicted octanol–water partition coefficient (Wildman–Crippen LogP) is 2.86. The molecule has 3 aliphatic carbocycles. The molecule has 0 heterocycles. The fraction of sp³-hybridized carbons (Fsp3) is 0.462. The molecule has 0 aliphatic heterocycles. The van der Waals surface area contributed by atoms with E-state index in [0.29, 0.717) is 25.2 Å². The molecule has 3 aliphatic rings. The Morgan fingerprint density at radius 3 is 2.28 bits per heavy atom. The van der Waals surface area contributed by atoms with Gasteiger partial charge in [-0.15, -0.1) is 0 Å². The van der Waals surface area contributed by atoms with Crippen molar-refractivity contribution in [3.63, 3.8) is 0 Å². The summed E-state index contributed by atoms with van der Waals surface area (Å²) < 4.78 is 39.4. The van der Waals surface area contributed by atoms with Crippen molar-refractivity contribution in [3.05, 3.63) is 35.1 Å². The molecule has 1 aromatic rings. The number of carboxylic acids is 1. The molecule has 0 aromatic heterocycles. The molecule has 1 atom stereocenters. The lowest BCUT2D eigenvalue weighted by atomic mass is 9.62. The second-order valence-corrected chi connectivity index (χ2v) is 5.31. The third kappa shape index (κ3) is 1.33. The fourth-order valence-electron chi connectivity index (χ4n) is 3.60. The maximum Gasteiger partial charge on any atom is 0.307 e. The molecular weight excluding hydrogens is 245 g/mol. The van der Waals surface area contributed by atoms with E-state index in [1.165, 1.54) is 0 Å². The first-order valence-electron chi connectivity index (χ1n) is 5.82. The molecule has 3 saturated carbocycles. The lowest BCUT2D eigenvalue weighted by molar-refractivity contribution is -0.143. The van der Waals surface area contributed by atoms with Crippen LogP contribution in [0.3, 0.4) is 0 Å². The number of carboxylic acid groups (broad SMARTS) is 1. The summed E-state index contributed by atoms with van der Waals surface area (Å²) in [7, 11) is 0. The highest BCUT2D eigenvalue weighted by molar-refractivity contribution is 5.74. The van der Waals surface area contributed by atoms with Crippen molar-refractivity contribution in [1.29, 1.82) is 0 Å². The smallest absolute Gasteiger partial charge is 0.307 e. The van der Waals surface area contributed by atoms with Gasteiger partial charge in [0.2, 0.25) is 0 Å². The van der Waals surface area contributed by atoms with Gasteiger partial charge in [-0.25, -0.2) is 13.2 Å². The number of fused-ring (bicyclic) bond motifs is 1. The molecule has 0 saturated heterocycles. The zero-order valence-corrected chi connectivity index (χ0v) is 9.42. The normalized spacial score (nSPS) is 33.3. The molecule has 5 heteroatoms. The van der Waals surface area contributed by atoms with Crippen molar-refractivity contribution in [2.24, 2.45) is 11.8 Å². The largest absolute Gasteiger partial charge is 0.481 e. The van der Waals surface area contributed by atoms with Crippen molar-refractivity contribution in [2.75, 3.05) is 0 Å². The summed E-state index contributed by atoms with van der Waals surface area (Å²) in [5.74, 6) is -5.26. The molecule has 96 valence electrons. The topological polar surface area (TPSA) is 37.3 Å². The van der Waals surface area contributed by atoms with Gasteiger partial charge in [-0.1, -0.05) is 0 Å². The van der Waals surface area contributed by atoms with Crippen LogP contribution in [-0.2, 0) is 10.2 Å². The molecule has 0 radical (unpaired) electrons. The Morgan fingerprint density at radius 2 is 1.78 bits per heavy atom. The zero-order valence-electron chi connectivity index (χ0n) is 9.42. The Balaban J connectivity index is 2.07. The Bertz CT molecular complexity index is 512. The molecule has 2 nitrogen and oxygen atoms in total. The number of benzene rings is 1. The fourth-order valence-corrected chi connectivity index (χ4v) is 3.60. The maximum atomic E-state index is 13.2. The van der Waals surface area contributed by atoms with E-state index < -0.39 is 34.8 Å². The molecular formula is C13H11F3O2. The summed E-state index contributed by atoms with van der Waals surface area (Å²) in [6.07, 6.45) is 1.78. The second kappa shape index (κ2) is 3.49. The van der Waals surface area contributed by atoms with E-state index in [0.717, 1.165) is 12.1 Å². The van der Waals surface area contributed by atoms with Gasteiger partial charge in [0.05, 0.1) is 5.92 Å². The molecule has 0 spiro atoms. The second-order valence-electron chi connectivity index (χ2n) is 5.31. The summed E-state index contributed by atoms with van der Waals surface area (Å²) in [5, 5.41) is 9.17. The minimum atomic E-state index is -1.50. The van der Waals surface area contributed by atoms with E-state index in [-0.39, 0.29) is 5.56 Å². The van der Waals surface area contributed by atoms with Crippen molar-refractivity contribution in [3.8, 4) is 0 Å². The maximum absolute atomic E-state index is 13.2. The summed E-state index contributed by atoms with van der Waals surface area (Å²) in [6, 6.07) is 1.88. The number of hydrogen-bond donors (Lipinski definition) is 1.